The Morgan fingerprint density at radius 2 is 1.90 bits per heavy atom. The maximum atomic E-state index is 5.95. The van der Waals surface area contributed by atoms with E-state index in [-0.39, 0.29) is 0 Å². The molecule has 4 heteroatoms. The molecule has 0 bridgehead atoms. The molecule has 0 aliphatic rings. The van der Waals surface area contributed by atoms with Crippen molar-refractivity contribution in [2.75, 3.05) is 5.88 Å². The fourth-order valence-electron chi connectivity index (χ4n) is 2.58. The zero-order valence-electron chi connectivity index (χ0n) is 12.5. The fraction of sp³-hybridized carbons (Fsp3) is 0.294. The molecule has 1 aromatic carbocycles. The monoisotopic (exact) mass is 299 g/mol. The molecule has 0 aliphatic heterocycles. The van der Waals surface area contributed by atoms with Crippen LogP contribution < -0.4 is 0 Å². The Bertz CT molecular complexity index is 805. The summed E-state index contributed by atoms with van der Waals surface area (Å²) >= 11 is 5.95. The van der Waals surface area contributed by atoms with Crippen LogP contribution in [0.3, 0.4) is 0 Å². The van der Waals surface area contributed by atoms with Gasteiger partial charge in [0.25, 0.3) is 0 Å². The van der Waals surface area contributed by atoms with E-state index in [0.29, 0.717) is 5.88 Å². The van der Waals surface area contributed by atoms with Gasteiger partial charge in [-0.1, -0.05) is 12.1 Å². The number of alkyl halides is 1. The molecule has 0 N–H and O–H groups in total. The van der Waals surface area contributed by atoms with Crippen molar-refractivity contribution in [3.63, 3.8) is 0 Å². The molecule has 0 aliphatic carbocycles. The molecule has 0 saturated heterocycles. The highest BCUT2D eigenvalue weighted by Gasteiger charge is 2.15. The largest absolute Gasteiger partial charge is 0.280 e. The summed E-state index contributed by atoms with van der Waals surface area (Å²) < 4.78 is 2.14. The molecular weight excluding hydrogens is 282 g/mol. The molecule has 2 aromatic heterocycles. The van der Waals surface area contributed by atoms with Crippen molar-refractivity contribution in [1.82, 2.24) is 14.5 Å². The number of benzene rings is 1. The Morgan fingerprint density at radius 1 is 1.10 bits per heavy atom. The van der Waals surface area contributed by atoms with Gasteiger partial charge in [0.05, 0.1) is 5.69 Å². The second-order valence-corrected chi connectivity index (χ2v) is 5.83. The van der Waals surface area contributed by atoms with Crippen LogP contribution in [0, 0.1) is 20.8 Å². The van der Waals surface area contributed by atoms with Gasteiger partial charge in [-0.15, -0.1) is 11.6 Å². The Hall–Kier alpha value is -1.87. The van der Waals surface area contributed by atoms with Gasteiger partial charge < -0.3 is 0 Å². The minimum atomic E-state index is 0.549. The summed E-state index contributed by atoms with van der Waals surface area (Å²) in [5.74, 6) is 1.51. The first-order chi connectivity index (χ1) is 10.1. The van der Waals surface area contributed by atoms with Gasteiger partial charge in [0.2, 0.25) is 0 Å². The maximum Gasteiger partial charge on any atom is 0.164 e. The normalized spacial score (nSPS) is 11.2. The third-order valence-corrected chi connectivity index (χ3v) is 3.82. The molecule has 3 rings (SSSR count). The average molecular weight is 300 g/mol. The minimum Gasteiger partial charge on any atom is -0.280 e. The van der Waals surface area contributed by atoms with E-state index >= 15 is 0 Å². The van der Waals surface area contributed by atoms with Crippen LogP contribution in [0.25, 0.3) is 16.9 Å². The standard InChI is InChI=1S/C17H18ClN3/c1-11-4-5-13(3)15(9-11)21-16(6-7-18)20-14-8-12(2)10-19-17(14)21/h4-5,8-10H,6-7H2,1-3H3. The van der Waals surface area contributed by atoms with Crippen LogP contribution in [0.5, 0.6) is 0 Å². The van der Waals surface area contributed by atoms with Gasteiger partial charge >= 0.3 is 0 Å². The topological polar surface area (TPSA) is 30.7 Å². The highest BCUT2D eigenvalue weighted by Crippen LogP contribution is 2.24. The zero-order valence-corrected chi connectivity index (χ0v) is 13.3. The summed E-state index contributed by atoms with van der Waals surface area (Å²) in [5.41, 5.74) is 6.50. The minimum absolute atomic E-state index is 0.549. The lowest BCUT2D eigenvalue weighted by molar-refractivity contribution is 0.899. The van der Waals surface area contributed by atoms with E-state index in [9.17, 15) is 0 Å². The molecule has 0 amide bonds. The molecule has 2 heterocycles. The third kappa shape index (κ3) is 2.54. The Balaban J connectivity index is 2.33. The van der Waals surface area contributed by atoms with E-state index in [0.717, 1.165) is 34.7 Å². The van der Waals surface area contributed by atoms with E-state index < -0.39 is 0 Å². The van der Waals surface area contributed by atoms with Crippen molar-refractivity contribution < 1.29 is 0 Å². The van der Waals surface area contributed by atoms with Gasteiger partial charge in [0, 0.05) is 18.5 Å². The number of aromatic nitrogens is 3. The number of aryl methyl sites for hydroxylation is 4. The maximum absolute atomic E-state index is 5.95. The third-order valence-electron chi connectivity index (χ3n) is 3.63. The van der Waals surface area contributed by atoms with Crippen molar-refractivity contribution in [2.45, 2.75) is 27.2 Å². The van der Waals surface area contributed by atoms with Gasteiger partial charge in [-0.25, -0.2) is 9.97 Å². The molecule has 0 unspecified atom stereocenters. The molecule has 21 heavy (non-hydrogen) atoms. The second-order valence-electron chi connectivity index (χ2n) is 5.45. The first kappa shape index (κ1) is 14.1. The molecular formula is C17H18ClN3. The van der Waals surface area contributed by atoms with Crippen LogP contribution in [0.15, 0.2) is 30.5 Å². The van der Waals surface area contributed by atoms with Gasteiger partial charge in [0.1, 0.15) is 11.3 Å². The predicted octanol–water partition coefficient (Wildman–Crippen LogP) is 4.13. The highest BCUT2D eigenvalue weighted by atomic mass is 35.5. The lowest BCUT2D eigenvalue weighted by Gasteiger charge is -2.12. The number of rotatable bonds is 3. The van der Waals surface area contributed by atoms with Gasteiger partial charge in [-0.05, 0) is 49.6 Å². The van der Waals surface area contributed by atoms with Crippen LogP contribution in [-0.2, 0) is 6.42 Å². The second kappa shape index (κ2) is 5.49. The van der Waals surface area contributed by atoms with Crippen LogP contribution >= 0.6 is 11.6 Å². The predicted molar refractivity (Wildman–Crippen MR) is 87.5 cm³/mol. The van der Waals surface area contributed by atoms with Crippen LogP contribution in [0.2, 0.25) is 0 Å². The average Bonchev–Trinajstić information content (AvgIpc) is 2.79. The first-order valence-corrected chi connectivity index (χ1v) is 7.61. The van der Waals surface area contributed by atoms with Crippen LogP contribution in [-0.4, -0.2) is 20.4 Å². The molecule has 0 radical (unpaired) electrons. The lowest BCUT2D eigenvalue weighted by atomic mass is 10.1. The molecule has 0 saturated carbocycles. The zero-order chi connectivity index (χ0) is 15.0. The molecule has 3 aromatic rings. The number of halogens is 1. The quantitative estimate of drug-likeness (QED) is 0.681. The molecule has 0 fully saturated rings. The Labute approximate surface area is 129 Å². The molecule has 0 atom stereocenters. The smallest absolute Gasteiger partial charge is 0.164 e. The SMILES string of the molecule is Cc1ccc(C)c(-n2c(CCCl)nc3cc(C)cnc32)c1. The van der Waals surface area contributed by atoms with Crippen LogP contribution in [0.4, 0.5) is 0 Å². The molecule has 0 spiro atoms. The summed E-state index contributed by atoms with van der Waals surface area (Å²) in [7, 11) is 0. The van der Waals surface area contributed by atoms with Crippen molar-refractivity contribution in [1.29, 1.82) is 0 Å². The highest BCUT2D eigenvalue weighted by molar-refractivity contribution is 6.17. The summed E-state index contributed by atoms with van der Waals surface area (Å²) in [6, 6.07) is 8.50. The van der Waals surface area contributed by atoms with Crippen LogP contribution in [0.1, 0.15) is 22.5 Å². The number of fused-ring (bicyclic) bond motifs is 1. The summed E-state index contributed by atoms with van der Waals surface area (Å²) in [6.07, 6.45) is 2.61. The molecule has 3 nitrogen and oxygen atoms in total. The number of hydrogen-bond acceptors (Lipinski definition) is 2. The van der Waals surface area contributed by atoms with Gasteiger partial charge in [0.15, 0.2) is 5.65 Å². The Morgan fingerprint density at radius 3 is 2.67 bits per heavy atom. The van der Waals surface area contributed by atoms with Crippen molar-refractivity contribution >= 4 is 22.8 Å². The number of pyridine rings is 1. The summed E-state index contributed by atoms with van der Waals surface area (Å²) in [4.78, 5) is 9.31. The lowest BCUT2D eigenvalue weighted by Crippen LogP contribution is -2.05. The number of hydrogen-bond donors (Lipinski definition) is 0. The van der Waals surface area contributed by atoms with Crippen molar-refractivity contribution in [2.24, 2.45) is 0 Å². The summed E-state index contributed by atoms with van der Waals surface area (Å²) in [6.45, 7) is 6.24. The number of imidazole rings is 1. The van der Waals surface area contributed by atoms with E-state index in [4.69, 9.17) is 16.6 Å². The van der Waals surface area contributed by atoms with E-state index in [1.54, 1.807) is 0 Å². The summed E-state index contributed by atoms with van der Waals surface area (Å²) in [5, 5.41) is 0. The van der Waals surface area contributed by atoms with Gasteiger partial charge in [-0.2, -0.15) is 0 Å². The van der Waals surface area contributed by atoms with E-state index in [1.807, 2.05) is 13.1 Å². The van der Waals surface area contributed by atoms with Crippen molar-refractivity contribution in [3.05, 3.63) is 53.0 Å². The fourth-order valence-corrected chi connectivity index (χ4v) is 2.75. The molecule has 108 valence electrons. The number of nitrogens with zero attached hydrogens (tertiary/aromatic N) is 3. The van der Waals surface area contributed by atoms with Crippen molar-refractivity contribution in [3.8, 4) is 5.69 Å². The van der Waals surface area contributed by atoms with Gasteiger partial charge in [-0.3, -0.25) is 4.57 Å². The van der Waals surface area contributed by atoms with E-state index in [2.05, 4.69) is 47.7 Å². The van der Waals surface area contributed by atoms with E-state index in [1.165, 1.54) is 11.1 Å². The Kier molecular flexibility index (Phi) is 3.68. The first-order valence-electron chi connectivity index (χ1n) is 7.07.